The summed E-state index contributed by atoms with van der Waals surface area (Å²) in [5.74, 6) is -0.380. The Morgan fingerprint density at radius 3 is 2.20 bits per heavy atom. The number of amides is 1. The van der Waals surface area contributed by atoms with Crippen LogP contribution in [0.4, 0.5) is 0 Å². The lowest BCUT2D eigenvalue weighted by Gasteiger charge is -2.08. The molecule has 0 aliphatic rings. The quantitative estimate of drug-likeness (QED) is 0.332. The minimum absolute atomic E-state index is 0.219. The summed E-state index contributed by atoms with van der Waals surface area (Å²) in [6.07, 6.45) is 4.31. The first kappa shape index (κ1) is 21.3. The molecule has 0 unspecified atom stereocenters. The predicted octanol–water partition coefficient (Wildman–Crippen LogP) is 5.34. The standard InChI is InChI=1S/C24H18INO4/c25-20-8-4-5-9-22(20)30-19-13-10-18(11-14-19)16-21(24(28)29)26-23(27)15-12-17-6-2-1-3-7-17/h1-16H,(H,26,27)(H,28,29). The highest BCUT2D eigenvalue weighted by molar-refractivity contribution is 14.1. The molecule has 1 amide bonds. The van der Waals surface area contributed by atoms with Crippen molar-refractivity contribution < 1.29 is 19.4 Å². The molecular weight excluding hydrogens is 493 g/mol. The van der Waals surface area contributed by atoms with E-state index in [1.165, 1.54) is 12.2 Å². The number of ether oxygens (including phenoxy) is 1. The van der Waals surface area contributed by atoms with E-state index in [1.54, 1.807) is 30.3 Å². The lowest BCUT2D eigenvalue weighted by atomic mass is 10.1. The van der Waals surface area contributed by atoms with Crippen molar-refractivity contribution in [3.8, 4) is 11.5 Å². The van der Waals surface area contributed by atoms with Gasteiger partial charge >= 0.3 is 5.97 Å². The third-order valence-electron chi connectivity index (χ3n) is 3.97. The van der Waals surface area contributed by atoms with E-state index >= 15 is 0 Å². The maximum atomic E-state index is 12.1. The smallest absolute Gasteiger partial charge is 0.352 e. The summed E-state index contributed by atoms with van der Waals surface area (Å²) in [7, 11) is 0. The molecule has 0 radical (unpaired) electrons. The fraction of sp³-hybridized carbons (Fsp3) is 0. The Morgan fingerprint density at radius 1 is 0.867 bits per heavy atom. The van der Waals surface area contributed by atoms with Gasteiger partial charge in [-0.2, -0.15) is 0 Å². The van der Waals surface area contributed by atoms with Gasteiger partial charge in [-0.3, -0.25) is 4.79 Å². The van der Waals surface area contributed by atoms with Gasteiger partial charge in [-0.15, -0.1) is 0 Å². The van der Waals surface area contributed by atoms with Crippen LogP contribution in [0.25, 0.3) is 12.2 Å². The van der Waals surface area contributed by atoms with E-state index in [4.69, 9.17) is 4.74 Å². The zero-order valence-electron chi connectivity index (χ0n) is 15.8. The Bertz CT molecular complexity index is 1090. The molecule has 30 heavy (non-hydrogen) atoms. The molecule has 0 atom stereocenters. The van der Waals surface area contributed by atoms with Crippen LogP contribution >= 0.6 is 22.6 Å². The Kier molecular flexibility index (Phi) is 7.40. The van der Waals surface area contributed by atoms with Crippen LogP contribution in [0.15, 0.2) is 90.6 Å². The maximum absolute atomic E-state index is 12.1. The molecule has 0 spiro atoms. The van der Waals surface area contributed by atoms with Crippen LogP contribution < -0.4 is 10.1 Å². The van der Waals surface area contributed by atoms with E-state index < -0.39 is 11.9 Å². The molecular formula is C24H18INO4. The van der Waals surface area contributed by atoms with Crippen molar-refractivity contribution in [3.05, 3.63) is 105 Å². The zero-order valence-corrected chi connectivity index (χ0v) is 17.9. The third-order valence-corrected chi connectivity index (χ3v) is 4.86. The molecule has 6 heteroatoms. The molecule has 0 heterocycles. The minimum atomic E-state index is -1.23. The van der Waals surface area contributed by atoms with Gasteiger partial charge in [0.15, 0.2) is 0 Å². The molecule has 0 aliphatic carbocycles. The van der Waals surface area contributed by atoms with Gasteiger partial charge < -0.3 is 15.2 Å². The second kappa shape index (κ2) is 10.4. The highest BCUT2D eigenvalue weighted by Crippen LogP contribution is 2.26. The predicted molar refractivity (Wildman–Crippen MR) is 125 cm³/mol. The minimum Gasteiger partial charge on any atom is -0.477 e. The van der Waals surface area contributed by atoms with Gasteiger partial charge in [0.1, 0.15) is 17.2 Å². The molecule has 0 fully saturated rings. The van der Waals surface area contributed by atoms with Gasteiger partial charge in [-0.05, 0) is 70.1 Å². The molecule has 3 aromatic carbocycles. The van der Waals surface area contributed by atoms with E-state index in [9.17, 15) is 14.7 Å². The maximum Gasteiger partial charge on any atom is 0.352 e. The van der Waals surface area contributed by atoms with Crippen molar-refractivity contribution in [3.63, 3.8) is 0 Å². The monoisotopic (exact) mass is 511 g/mol. The largest absolute Gasteiger partial charge is 0.477 e. The van der Waals surface area contributed by atoms with Crippen molar-refractivity contribution in [2.24, 2.45) is 0 Å². The van der Waals surface area contributed by atoms with E-state index in [1.807, 2.05) is 54.6 Å². The summed E-state index contributed by atoms with van der Waals surface area (Å²) in [5, 5.41) is 11.8. The fourth-order valence-electron chi connectivity index (χ4n) is 2.51. The second-order valence-electron chi connectivity index (χ2n) is 6.20. The van der Waals surface area contributed by atoms with Crippen molar-refractivity contribution in [1.29, 1.82) is 0 Å². The fourth-order valence-corrected chi connectivity index (χ4v) is 3.01. The van der Waals surface area contributed by atoms with Gasteiger partial charge in [0.25, 0.3) is 0 Å². The topological polar surface area (TPSA) is 75.6 Å². The average Bonchev–Trinajstić information content (AvgIpc) is 2.75. The molecule has 3 aromatic rings. The van der Waals surface area contributed by atoms with Gasteiger partial charge in [-0.25, -0.2) is 4.79 Å². The van der Waals surface area contributed by atoms with Gasteiger partial charge in [0, 0.05) is 6.08 Å². The number of halogens is 1. The first-order chi connectivity index (χ1) is 14.5. The summed E-state index contributed by atoms with van der Waals surface area (Å²) in [5.41, 5.74) is 1.25. The van der Waals surface area contributed by atoms with Crippen LogP contribution in [0.2, 0.25) is 0 Å². The Labute approximate surface area is 187 Å². The number of aliphatic carboxylic acids is 1. The van der Waals surface area contributed by atoms with Crippen molar-refractivity contribution >= 4 is 46.6 Å². The summed E-state index contributed by atoms with van der Waals surface area (Å²) in [6.45, 7) is 0. The molecule has 5 nitrogen and oxygen atoms in total. The van der Waals surface area contributed by atoms with Crippen LogP contribution in [0.3, 0.4) is 0 Å². The van der Waals surface area contributed by atoms with Gasteiger partial charge in [0.05, 0.1) is 3.57 Å². The average molecular weight is 511 g/mol. The second-order valence-corrected chi connectivity index (χ2v) is 7.36. The first-order valence-electron chi connectivity index (χ1n) is 9.03. The van der Waals surface area contributed by atoms with Crippen LogP contribution in [0, 0.1) is 3.57 Å². The molecule has 0 saturated carbocycles. The van der Waals surface area contributed by atoms with Crippen LogP contribution in [-0.2, 0) is 9.59 Å². The molecule has 0 bridgehead atoms. The lowest BCUT2D eigenvalue weighted by molar-refractivity contribution is -0.134. The molecule has 2 N–H and O–H groups in total. The molecule has 0 saturated heterocycles. The number of hydrogen-bond donors (Lipinski definition) is 2. The van der Waals surface area contributed by atoms with Crippen LogP contribution in [0.5, 0.6) is 11.5 Å². The Hall–Kier alpha value is -3.39. The lowest BCUT2D eigenvalue weighted by Crippen LogP contribution is -2.25. The number of carboxylic acids is 1. The first-order valence-corrected chi connectivity index (χ1v) is 10.1. The molecule has 3 rings (SSSR count). The zero-order chi connectivity index (χ0) is 21.3. The number of para-hydroxylation sites is 1. The Balaban J connectivity index is 1.69. The normalized spacial score (nSPS) is 11.3. The SMILES string of the molecule is O=C(C=Cc1ccccc1)NC(=Cc1ccc(Oc2ccccc2I)cc1)C(=O)O. The molecule has 0 aliphatic heterocycles. The van der Waals surface area contributed by atoms with E-state index in [2.05, 4.69) is 27.9 Å². The van der Waals surface area contributed by atoms with Gasteiger partial charge in [0.2, 0.25) is 5.91 Å². The number of carbonyl (C=O) groups is 2. The highest BCUT2D eigenvalue weighted by atomic mass is 127. The van der Waals surface area contributed by atoms with E-state index in [-0.39, 0.29) is 5.70 Å². The number of rotatable bonds is 7. The van der Waals surface area contributed by atoms with Crippen molar-refractivity contribution in [1.82, 2.24) is 5.32 Å². The Morgan fingerprint density at radius 2 is 1.53 bits per heavy atom. The number of carbonyl (C=O) groups excluding carboxylic acids is 1. The molecule has 0 aromatic heterocycles. The van der Waals surface area contributed by atoms with Crippen molar-refractivity contribution in [2.75, 3.05) is 0 Å². The summed E-state index contributed by atoms with van der Waals surface area (Å²) in [6, 6.07) is 23.8. The summed E-state index contributed by atoms with van der Waals surface area (Å²) in [4.78, 5) is 23.6. The van der Waals surface area contributed by atoms with Crippen LogP contribution in [-0.4, -0.2) is 17.0 Å². The number of nitrogens with one attached hydrogen (secondary N) is 1. The van der Waals surface area contributed by atoms with E-state index in [0.29, 0.717) is 11.3 Å². The summed E-state index contributed by atoms with van der Waals surface area (Å²) >= 11 is 2.19. The number of benzene rings is 3. The summed E-state index contributed by atoms with van der Waals surface area (Å²) < 4.78 is 6.82. The third kappa shape index (κ3) is 6.31. The van der Waals surface area contributed by atoms with Crippen LogP contribution in [0.1, 0.15) is 11.1 Å². The number of carboxylic acid groups (broad SMARTS) is 1. The number of hydrogen-bond acceptors (Lipinski definition) is 3. The van der Waals surface area contributed by atoms with Gasteiger partial charge in [-0.1, -0.05) is 54.6 Å². The highest BCUT2D eigenvalue weighted by Gasteiger charge is 2.10. The molecule has 150 valence electrons. The van der Waals surface area contributed by atoms with Crippen molar-refractivity contribution in [2.45, 2.75) is 0 Å². The van der Waals surface area contributed by atoms with E-state index in [0.717, 1.165) is 14.9 Å².